The third-order valence-corrected chi connectivity index (χ3v) is 3.58. The predicted octanol–water partition coefficient (Wildman–Crippen LogP) is 4.99. The van der Waals surface area contributed by atoms with Crippen LogP contribution in [0.25, 0.3) is 16.8 Å². The molecule has 0 spiro atoms. The zero-order valence-corrected chi connectivity index (χ0v) is 12.6. The van der Waals surface area contributed by atoms with Crippen LogP contribution in [-0.2, 0) is 0 Å². The fourth-order valence-corrected chi connectivity index (χ4v) is 2.30. The number of fused-ring (bicyclic) bond motifs is 1. The number of rotatable bonds is 4. The van der Waals surface area contributed by atoms with Gasteiger partial charge in [-0.1, -0.05) is 29.8 Å². The van der Waals surface area contributed by atoms with E-state index in [2.05, 4.69) is 0 Å². The highest BCUT2D eigenvalue weighted by atomic mass is 35.5. The minimum absolute atomic E-state index is 0.185. The van der Waals surface area contributed by atoms with Gasteiger partial charge in [-0.25, -0.2) is 0 Å². The summed E-state index contributed by atoms with van der Waals surface area (Å²) in [6.07, 6.45) is 4.78. The summed E-state index contributed by atoms with van der Waals surface area (Å²) < 4.78 is 10.6. The number of ether oxygens (including phenoxy) is 1. The van der Waals surface area contributed by atoms with E-state index in [0.717, 1.165) is 22.1 Å². The van der Waals surface area contributed by atoms with Crippen LogP contribution < -0.4 is 4.74 Å². The zero-order chi connectivity index (χ0) is 15.5. The van der Waals surface area contributed by atoms with Crippen LogP contribution >= 0.6 is 11.6 Å². The Morgan fingerprint density at radius 3 is 2.68 bits per heavy atom. The van der Waals surface area contributed by atoms with E-state index < -0.39 is 0 Å². The van der Waals surface area contributed by atoms with Crippen LogP contribution in [0.5, 0.6) is 5.75 Å². The molecule has 0 bridgehead atoms. The molecule has 0 aliphatic heterocycles. The average Bonchev–Trinajstić information content (AvgIpc) is 2.97. The van der Waals surface area contributed by atoms with Gasteiger partial charge in [0, 0.05) is 15.8 Å². The Kier molecular flexibility index (Phi) is 3.98. The number of halogens is 1. The van der Waals surface area contributed by atoms with E-state index in [9.17, 15) is 4.79 Å². The molecule has 0 N–H and O–H groups in total. The minimum atomic E-state index is -0.185. The number of benzene rings is 2. The van der Waals surface area contributed by atoms with Crippen molar-refractivity contribution < 1.29 is 13.9 Å². The Morgan fingerprint density at radius 1 is 1.18 bits per heavy atom. The molecule has 0 radical (unpaired) electrons. The quantitative estimate of drug-likeness (QED) is 0.503. The number of carbonyl (C=O) groups excluding carboxylic acids is 1. The second kappa shape index (κ2) is 6.08. The Hall–Kier alpha value is -2.52. The summed E-state index contributed by atoms with van der Waals surface area (Å²) in [7, 11) is 1.60. The van der Waals surface area contributed by atoms with Gasteiger partial charge in [0.2, 0.25) is 5.78 Å². The van der Waals surface area contributed by atoms with Crippen molar-refractivity contribution in [3.63, 3.8) is 0 Å². The van der Waals surface area contributed by atoms with Gasteiger partial charge < -0.3 is 9.15 Å². The Labute approximate surface area is 132 Å². The highest BCUT2D eigenvalue weighted by Crippen LogP contribution is 2.26. The first-order valence-electron chi connectivity index (χ1n) is 6.70. The van der Waals surface area contributed by atoms with Gasteiger partial charge in [0.15, 0.2) is 5.76 Å². The van der Waals surface area contributed by atoms with Crippen molar-refractivity contribution >= 4 is 34.2 Å². The summed E-state index contributed by atoms with van der Waals surface area (Å²) >= 11 is 5.83. The fourth-order valence-electron chi connectivity index (χ4n) is 2.17. The van der Waals surface area contributed by atoms with Crippen LogP contribution in [0.15, 0.2) is 59.2 Å². The van der Waals surface area contributed by atoms with Gasteiger partial charge in [0.1, 0.15) is 5.75 Å². The number of hydrogen-bond donors (Lipinski definition) is 0. The second-order valence-corrected chi connectivity index (χ2v) is 5.20. The SMILES string of the molecule is COc1ccc2c(C(=O)C=Cc3ccc(Cl)cc3)occ2c1. The first kappa shape index (κ1) is 14.4. The lowest BCUT2D eigenvalue weighted by molar-refractivity contribution is 0.102. The molecule has 0 saturated heterocycles. The molecule has 0 fully saturated rings. The molecular formula is C18H13ClO3. The number of allylic oxidation sites excluding steroid dienone is 1. The number of hydrogen-bond acceptors (Lipinski definition) is 3. The van der Waals surface area contributed by atoms with Gasteiger partial charge >= 0.3 is 0 Å². The smallest absolute Gasteiger partial charge is 0.221 e. The van der Waals surface area contributed by atoms with Crippen LogP contribution in [0.3, 0.4) is 0 Å². The lowest BCUT2D eigenvalue weighted by Crippen LogP contribution is -1.92. The molecule has 0 saturated carbocycles. The molecule has 4 heteroatoms. The highest BCUT2D eigenvalue weighted by Gasteiger charge is 2.12. The summed E-state index contributed by atoms with van der Waals surface area (Å²) in [5.41, 5.74) is 0.898. The minimum Gasteiger partial charge on any atom is -0.497 e. The Bertz CT molecular complexity index is 844. The molecule has 3 rings (SSSR count). The van der Waals surface area contributed by atoms with Crippen molar-refractivity contribution in [2.75, 3.05) is 7.11 Å². The van der Waals surface area contributed by atoms with Crippen LogP contribution in [-0.4, -0.2) is 12.9 Å². The molecule has 0 aliphatic rings. The molecule has 0 unspecified atom stereocenters. The molecule has 0 aliphatic carbocycles. The summed E-state index contributed by atoms with van der Waals surface area (Å²) in [4.78, 5) is 12.3. The fraction of sp³-hybridized carbons (Fsp3) is 0.0556. The van der Waals surface area contributed by atoms with Gasteiger partial charge in [0.25, 0.3) is 0 Å². The average molecular weight is 313 g/mol. The predicted molar refractivity (Wildman–Crippen MR) is 87.6 cm³/mol. The van der Waals surface area contributed by atoms with E-state index in [0.29, 0.717) is 10.8 Å². The summed E-state index contributed by atoms with van der Waals surface area (Å²) in [6, 6.07) is 12.7. The van der Waals surface area contributed by atoms with Crippen molar-refractivity contribution in [3.05, 3.63) is 71.2 Å². The lowest BCUT2D eigenvalue weighted by Gasteiger charge is -1.98. The molecule has 0 amide bonds. The van der Waals surface area contributed by atoms with Gasteiger partial charge in [-0.15, -0.1) is 0 Å². The molecule has 1 aromatic heterocycles. The van der Waals surface area contributed by atoms with E-state index in [1.54, 1.807) is 37.6 Å². The first-order valence-corrected chi connectivity index (χ1v) is 7.08. The summed E-state index contributed by atoms with van der Waals surface area (Å²) in [5.74, 6) is 0.863. The summed E-state index contributed by atoms with van der Waals surface area (Å²) in [5, 5.41) is 2.27. The maximum Gasteiger partial charge on any atom is 0.221 e. The number of furan rings is 1. The van der Waals surface area contributed by atoms with E-state index in [1.807, 2.05) is 24.3 Å². The molecule has 22 heavy (non-hydrogen) atoms. The number of methoxy groups -OCH3 is 1. The lowest BCUT2D eigenvalue weighted by atomic mass is 10.1. The maximum absolute atomic E-state index is 12.3. The van der Waals surface area contributed by atoms with Crippen LogP contribution in [0.4, 0.5) is 0 Å². The molecule has 110 valence electrons. The van der Waals surface area contributed by atoms with E-state index in [4.69, 9.17) is 20.8 Å². The Morgan fingerprint density at radius 2 is 1.95 bits per heavy atom. The number of ketones is 1. The zero-order valence-electron chi connectivity index (χ0n) is 11.9. The van der Waals surface area contributed by atoms with Crippen molar-refractivity contribution in [2.24, 2.45) is 0 Å². The van der Waals surface area contributed by atoms with Crippen molar-refractivity contribution in [2.45, 2.75) is 0 Å². The standard InChI is InChI=1S/C18H13ClO3/c1-21-15-7-8-16-13(10-15)11-22-18(16)17(20)9-4-12-2-5-14(19)6-3-12/h2-11H,1H3. The molecule has 3 nitrogen and oxygen atoms in total. The third-order valence-electron chi connectivity index (χ3n) is 3.33. The molecule has 0 atom stereocenters. The van der Waals surface area contributed by atoms with Crippen molar-refractivity contribution in [1.82, 2.24) is 0 Å². The largest absolute Gasteiger partial charge is 0.497 e. The van der Waals surface area contributed by atoms with Gasteiger partial charge in [-0.3, -0.25) is 4.79 Å². The highest BCUT2D eigenvalue weighted by molar-refractivity contribution is 6.30. The van der Waals surface area contributed by atoms with Gasteiger partial charge in [-0.05, 0) is 42.0 Å². The van der Waals surface area contributed by atoms with Crippen molar-refractivity contribution in [3.8, 4) is 5.75 Å². The molecule has 1 heterocycles. The normalized spacial score (nSPS) is 11.2. The van der Waals surface area contributed by atoms with E-state index in [1.165, 1.54) is 6.08 Å². The van der Waals surface area contributed by atoms with E-state index in [-0.39, 0.29) is 5.78 Å². The summed E-state index contributed by atoms with van der Waals surface area (Å²) in [6.45, 7) is 0. The van der Waals surface area contributed by atoms with Gasteiger partial charge in [-0.2, -0.15) is 0 Å². The first-order chi connectivity index (χ1) is 10.7. The van der Waals surface area contributed by atoms with Crippen LogP contribution in [0.1, 0.15) is 16.1 Å². The Balaban J connectivity index is 1.87. The number of carbonyl (C=O) groups is 1. The topological polar surface area (TPSA) is 39.4 Å². The third kappa shape index (κ3) is 2.90. The van der Waals surface area contributed by atoms with Crippen LogP contribution in [0.2, 0.25) is 5.02 Å². The van der Waals surface area contributed by atoms with Crippen molar-refractivity contribution in [1.29, 1.82) is 0 Å². The molecule has 3 aromatic rings. The maximum atomic E-state index is 12.3. The molecular weight excluding hydrogens is 300 g/mol. The second-order valence-electron chi connectivity index (χ2n) is 4.77. The molecule has 2 aromatic carbocycles. The van der Waals surface area contributed by atoms with E-state index >= 15 is 0 Å². The van der Waals surface area contributed by atoms with Crippen LogP contribution in [0, 0.1) is 0 Å². The monoisotopic (exact) mass is 312 g/mol. The van der Waals surface area contributed by atoms with Gasteiger partial charge in [0.05, 0.1) is 13.4 Å².